The normalized spacial score (nSPS) is 15.4. The van der Waals surface area contributed by atoms with Gasteiger partial charge < -0.3 is 10.6 Å². The number of carbonyl (C=O) groups is 1. The minimum Gasteiger partial charge on any atom is -0.366 e. The van der Waals surface area contributed by atoms with Crippen LogP contribution in [0.15, 0.2) is 42.5 Å². The number of nitrogens with two attached hydrogens (primary N) is 1. The predicted molar refractivity (Wildman–Crippen MR) is 107 cm³/mol. The summed E-state index contributed by atoms with van der Waals surface area (Å²) in [7, 11) is 0. The molecule has 0 spiro atoms. The minimum atomic E-state index is -0.495. The van der Waals surface area contributed by atoms with Crippen molar-refractivity contribution >= 4 is 16.8 Å². The Morgan fingerprint density at radius 2 is 1.93 bits per heavy atom. The lowest BCUT2D eigenvalue weighted by atomic mass is 9.91. The number of aromatic nitrogens is 2. The third-order valence-corrected chi connectivity index (χ3v) is 5.39. The number of rotatable bonds is 6. The van der Waals surface area contributed by atoms with E-state index < -0.39 is 5.91 Å². The van der Waals surface area contributed by atoms with Crippen molar-refractivity contribution in [2.24, 2.45) is 5.73 Å². The maximum absolute atomic E-state index is 13.4. The summed E-state index contributed by atoms with van der Waals surface area (Å²) in [6.45, 7) is 4.90. The monoisotopic (exact) mass is 378 g/mol. The second kappa shape index (κ2) is 7.64. The zero-order valence-corrected chi connectivity index (χ0v) is 15.9. The van der Waals surface area contributed by atoms with Crippen LogP contribution >= 0.6 is 0 Å². The number of hydrogen-bond acceptors (Lipinski definition) is 4. The highest BCUT2D eigenvalue weighted by Crippen LogP contribution is 2.28. The molecule has 2 N–H and O–H groups in total. The van der Waals surface area contributed by atoms with Gasteiger partial charge in [0, 0.05) is 17.8 Å². The summed E-state index contributed by atoms with van der Waals surface area (Å²) in [6, 6.07) is 12.2. The summed E-state index contributed by atoms with van der Waals surface area (Å²) < 4.78 is 13.4. The smallest absolute Gasteiger partial charge is 0.250 e. The third kappa shape index (κ3) is 3.73. The number of para-hydroxylation sites is 1. The molecule has 0 saturated carbocycles. The first-order valence-electron chi connectivity index (χ1n) is 9.55. The Hall–Kier alpha value is -2.86. The van der Waals surface area contributed by atoms with Gasteiger partial charge in [-0.1, -0.05) is 24.3 Å². The van der Waals surface area contributed by atoms with E-state index in [1.165, 1.54) is 18.6 Å². The van der Waals surface area contributed by atoms with Crippen LogP contribution in [0.2, 0.25) is 0 Å². The molecule has 1 unspecified atom stereocenters. The zero-order chi connectivity index (χ0) is 19.7. The summed E-state index contributed by atoms with van der Waals surface area (Å²) in [5.41, 5.74) is 8.52. The first-order valence-corrected chi connectivity index (χ1v) is 9.55. The number of carbonyl (C=O) groups excluding carboxylic acids is 1. The highest BCUT2D eigenvalue weighted by atomic mass is 19.1. The van der Waals surface area contributed by atoms with E-state index in [0.29, 0.717) is 23.3 Å². The van der Waals surface area contributed by atoms with Gasteiger partial charge >= 0.3 is 0 Å². The standard InChI is InChI=1S/C22H23FN4O/c1-14-25-20(18-4-2-5-19(22(24)28)21(18)26-14)12-16(13-27-10-3-11-27)15-6-8-17(23)9-7-15/h2,4-9,16H,3,10-13H2,1H3,(H2,24,28). The number of benzene rings is 2. The van der Waals surface area contributed by atoms with Crippen molar-refractivity contribution in [1.82, 2.24) is 14.9 Å². The van der Waals surface area contributed by atoms with Gasteiger partial charge in [-0.3, -0.25) is 4.79 Å². The average Bonchev–Trinajstić information content (AvgIpc) is 2.63. The van der Waals surface area contributed by atoms with E-state index in [-0.39, 0.29) is 11.7 Å². The average molecular weight is 378 g/mol. The van der Waals surface area contributed by atoms with Crippen molar-refractivity contribution in [3.63, 3.8) is 0 Å². The lowest BCUT2D eigenvalue weighted by molar-refractivity contribution is 0.100. The summed E-state index contributed by atoms with van der Waals surface area (Å²) in [5, 5.41) is 0.845. The van der Waals surface area contributed by atoms with E-state index in [4.69, 9.17) is 5.73 Å². The summed E-state index contributed by atoms with van der Waals surface area (Å²) in [5.74, 6) is 0.0554. The molecule has 1 fully saturated rings. The van der Waals surface area contributed by atoms with Gasteiger partial charge in [-0.15, -0.1) is 0 Å². The fourth-order valence-corrected chi connectivity index (χ4v) is 3.83. The van der Waals surface area contributed by atoms with E-state index in [1.807, 2.05) is 31.2 Å². The van der Waals surface area contributed by atoms with Crippen LogP contribution < -0.4 is 5.73 Å². The molecule has 0 aliphatic carbocycles. The van der Waals surface area contributed by atoms with Crippen LogP contribution in [0.1, 0.15) is 39.8 Å². The number of likely N-dealkylation sites (tertiary alicyclic amines) is 1. The summed E-state index contributed by atoms with van der Waals surface area (Å²) in [6.07, 6.45) is 1.90. The maximum atomic E-state index is 13.4. The maximum Gasteiger partial charge on any atom is 0.250 e. The molecule has 3 aromatic rings. The molecule has 1 aromatic heterocycles. The number of amides is 1. The topological polar surface area (TPSA) is 72.1 Å². The lowest BCUT2D eigenvalue weighted by Gasteiger charge is -2.34. The number of primary amides is 1. The van der Waals surface area contributed by atoms with E-state index in [1.54, 1.807) is 6.07 Å². The molecule has 1 amide bonds. The highest BCUT2D eigenvalue weighted by molar-refractivity contribution is 6.05. The molecule has 2 aromatic carbocycles. The molecular weight excluding hydrogens is 355 g/mol. The Morgan fingerprint density at radius 3 is 2.57 bits per heavy atom. The van der Waals surface area contributed by atoms with Crippen molar-refractivity contribution in [2.75, 3.05) is 19.6 Å². The van der Waals surface area contributed by atoms with Crippen LogP contribution in [0.25, 0.3) is 10.9 Å². The minimum absolute atomic E-state index is 0.177. The molecule has 5 nitrogen and oxygen atoms in total. The molecule has 1 atom stereocenters. The van der Waals surface area contributed by atoms with Gasteiger partial charge in [-0.05, 0) is 56.6 Å². The molecule has 6 heteroatoms. The first kappa shape index (κ1) is 18.5. The van der Waals surface area contributed by atoms with Gasteiger partial charge in [0.1, 0.15) is 11.6 Å². The Bertz CT molecular complexity index is 1010. The number of aryl methyl sites for hydroxylation is 1. The van der Waals surface area contributed by atoms with Crippen LogP contribution in [0.5, 0.6) is 0 Å². The molecular formula is C22H23FN4O. The fourth-order valence-electron chi connectivity index (χ4n) is 3.83. The van der Waals surface area contributed by atoms with Crippen molar-refractivity contribution < 1.29 is 9.18 Å². The van der Waals surface area contributed by atoms with E-state index in [9.17, 15) is 9.18 Å². The Kier molecular flexibility index (Phi) is 5.05. The number of hydrogen-bond donors (Lipinski definition) is 1. The van der Waals surface area contributed by atoms with Gasteiger partial charge in [0.05, 0.1) is 16.8 Å². The zero-order valence-electron chi connectivity index (χ0n) is 15.9. The van der Waals surface area contributed by atoms with Gasteiger partial charge in [-0.2, -0.15) is 0 Å². The molecule has 144 valence electrons. The SMILES string of the molecule is Cc1nc(CC(CN2CCC2)c2ccc(F)cc2)c2cccc(C(N)=O)c2n1. The van der Waals surface area contributed by atoms with Crippen molar-refractivity contribution in [2.45, 2.75) is 25.7 Å². The number of fused-ring (bicyclic) bond motifs is 1. The molecule has 4 rings (SSSR count). The van der Waals surface area contributed by atoms with Crippen molar-refractivity contribution in [3.05, 3.63) is 70.9 Å². The Morgan fingerprint density at radius 1 is 1.18 bits per heavy atom. The van der Waals surface area contributed by atoms with Crippen molar-refractivity contribution in [3.8, 4) is 0 Å². The van der Waals surface area contributed by atoms with Gasteiger partial charge in [0.2, 0.25) is 0 Å². The predicted octanol–water partition coefficient (Wildman–Crippen LogP) is 3.21. The van der Waals surface area contributed by atoms with E-state index >= 15 is 0 Å². The van der Waals surface area contributed by atoms with E-state index in [2.05, 4.69) is 14.9 Å². The molecule has 0 bridgehead atoms. The summed E-state index contributed by atoms with van der Waals surface area (Å²) in [4.78, 5) is 23.4. The van der Waals surface area contributed by atoms with Crippen LogP contribution in [-0.4, -0.2) is 40.4 Å². The fraction of sp³-hybridized carbons (Fsp3) is 0.318. The van der Waals surface area contributed by atoms with Crippen LogP contribution in [-0.2, 0) is 6.42 Å². The first-order chi connectivity index (χ1) is 13.5. The summed E-state index contributed by atoms with van der Waals surface area (Å²) >= 11 is 0. The van der Waals surface area contributed by atoms with Crippen LogP contribution in [0.3, 0.4) is 0 Å². The number of halogens is 1. The largest absolute Gasteiger partial charge is 0.366 e. The molecule has 1 aliphatic heterocycles. The van der Waals surface area contributed by atoms with Crippen LogP contribution in [0, 0.1) is 12.7 Å². The van der Waals surface area contributed by atoms with Crippen molar-refractivity contribution in [1.29, 1.82) is 0 Å². The lowest BCUT2D eigenvalue weighted by Crippen LogP contribution is -2.40. The number of nitrogens with zero attached hydrogens (tertiary/aromatic N) is 3. The Balaban J connectivity index is 1.75. The highest BCUT2D eigenvalue weighted by Gasteiger charge is 2.23. The molecule has 1 aliphatic rings. The van der Waals surface area contributed by atoms with Crippen LogP contribution in [0.4, 0.5) is 4.39 Å². The molecule has 0 radical (unpaired) electrons. The van der Waals surface area contributed by atoms with Gasteiger partial charge in [-0.25, -0.2) is 14.4 Å². The van der Waals surface area contributed by atoms with E-state index in [0.717, 1.165) is 36.3 Å². The quantitative estimate of drug-likeness (QED) is 0.715. The molecule has 1 saturated heterocycles. The second-order valence-electron chi connectivity index (χ2n) is 7.39. The molecule has 2 heterocycles. The second-order valence-corrected chi connectivity index (χ2v) is 7.39. The third-order valence-electron chi connectivity index (χ3n) is 5.39. The Labute approximate surface area is 163 Å². The van der Waals surface area contributed by atoms with Gasteiger partial charge in [0.15, 0.2) is 0 Å². The van der Waals surface area contributed by atoms with Gasteiger partial charge in [0.25, 0.3) is 5.91 Å². The molecule has 28 heavy (non-hydrogen) atoms.